The van der Waals surface area contributed by atoms with E-state index < -0.39 is 16.9 Å². The molecular formula is C19H15N3O4S2. The second-order valence-corrected chi connectivity index (χ2v) is 7.61. The molecule has 0 aromatic heterocycles. The second-order valence-electron chi connectivity index (χ2n) is 5.94. The van der Waals surface area contributed by atoms with E-state index in [4.69, 9.17) is 12.2 Å². The zero-order chi connectivity index (χ0) is 20.3. The monoisotopic (exact) mass is 413 g/mol. The molecule has 0 aliphatic carbocycles. The van der Waals surface area contributed by atoms with Gasteiger partial charge in [-0.1, -0.05) is 54.3 Å². The molecule has 1 atom stereocenters. The van der Waals surface area contributed by atoms with Crippen LogP contribution < -0.4 is 5.32 Å². The summed E-state index contributed by atoms with van der Waals surface area (Å²) in [6.07, 6.45) is 1.54. The van der Waals surface area contributed by atoms with Gasteiger partial charge in [-0.15, -0.1) is 0 Å². The molecule has 142 valence electrons. The van der Waals surface area contributed by atoms with E-state index in [1.807, 2.05) is 6.07 Å². The second kappa shape index (κ2) is 8.32. The number of carbonyl (C=O) groups is 2. The highest BCUT2D eigenvalue weighted by atomic mass is 32.2. The van der Waals surface area contributed by atoms with Crippen LogP contribution in [0.5, 0.6) is 0 Å². The van der Waals surface area contributed by atoms with E-state index >= 15 is 0 Å². The van der Waals surface area contributed by atoms with E-state index in [0.29, 0.717) is 16.2 Å². The Bertz CT molecular complexity index is 992. The number of hydrogen-bond acceptors (Lipinski definition) is 6. The van der Waals surface area contributed by atoms with Crippen LogP contribution >= 0.6 is 24.0 Å². The number of para-hydroxylation sites is 1. The van der Waals surface area contributed by atoms with Crippen LogP contribution in [-0.4, -0.2) is 32.0 Å². The molecule has 0 bridgehead atoms. The van der Waals surface area contributed by atoms with Gasteiger partial charge in [0, 0.05) is 17.8 Å². The Balaban J connectivity index is 1.78. The van der Waals surface area contributed by atoms with Gasteiger partial charge in [0.15, 0.2) is 0 Å². The van der Waals surface area contributed by atoms with Gasteiger partial charge in [0.2, 0.25) is 5.91 Å². The summed E-state index contributed by atoms with van der Waals surface area (Å²) in [6.45, 7) is 1.60. The number of carbonyl (C=O) groups excluding carboxylic acids is 2. The first-order chi connectivity index (χ1) is 13.4. The van der Waals surface area contributed by atoms with Gasteiger partial charge in [0.1, 0.15) is 10.4 Å². The third kappa shape index (κ3) is 4.26. The van der Waals surface area contributed by atoms with Crippen LogP contribution in [0.15, 0.2) is 59.5 Å². The maximum absolute atomic E-state index is 12.8. The first-order valence-corrected chi connectivity index (χ1v) is 9.46. The van der Waals surface area contributed by atoms with Crippen molar-refractivity contribution < 1.29 is 14.5 Å². The number of nitrogens with zero attached hydrogens (tertiary/aromatic N) is 2. The molecule has 0 saturated carbocycles. The van der Waals surface area contributed by atoms with Crippen molar-refractivity contribution in [3.05, 3.63) is 75.2 Å². The molecule has 28 heavy (non-hydrogen) atoms. The minimum Gasteiger partial charge on any atom is -0.324 e. The summed E-state index contributed by atoms with van der Waals surface area (Å²) in [4.78, 5) is 37.3. The van der Waals surface area contributed by atoms with Crippen molar-refractivity contribution in [2.45, 2.75) is 13.0 Å². The molecule has 2 amide bonds. The Kier molecular flexibility index (Phi) is 5.86. The minimum absolute atomic E-state index is 0.0696. The van der Waals surface area contributed by atoms with Crippen molar-refractivity contribution in [2.24, 2.45) is 0 Å². The van der Waals surface area contributed by atoms with E-state index in [0.717, 1.165) is 11.8 Å². The smallest absolute Gasteiger partial charge is 0.270 e. The van der Waals surface area contributed by atoms with Crippen LogP contribution in [-0.2, 0) is 9.59 Å². The molecule has 0 spiro atoms. The molecule has 2 aromatic rings. The molecule has 1 heterocycles. The van der Waals surface area contributed by atoms with E-state index in [1.165, 1.54) is 23.1 Å². The molecular weight excluding hydrogens is 398 g/mol. The Hall–Kier alpha value is -3.04. The molecule has 9 heteroatoms. The number of thiocarbonyl (C=S) groups is 1. The van der Waals surface area contributed by atoms with Crippen LogP contribution in [0.2, 0.25) is 0 Å². The first kappa shape index (κ1) is 19.7. The molecule has 1 unspecified atom stereocenters. The Morgan fingerprint density at radius 2 is 1.96 bits per heavy atom. The SMILES string of the molecule is CC(C(=O)Nc1ccccc1)N1C(=O)/C(=C/c2cccc([N+](=O)[O-])c2)SC1=S. The largest absolute Gasteiger partial charge is 0.324 e. The van der Waals surface area contributed by atoms with Crippen molar-refractivity contribution in [1.29, 1.82) is 0 Å². The predicted molar refractivity (Wildman–Crippen MR) is 113 cm³/mol. The fourth-order valence-electron chi connectivity index (χ4n) is 2.58. The average Bonchev–Trinajstić information content (AvgIpc) is 2.95. The zero-order valence-electron chi connectivity index (χ0n) is 14.7. The van der Waals surface area contributed by atoms with Crippen molar-refractivity contribution in [1.82, 2.24) is 4.90 Å². The number of thioether (sulfide) groups is 1. The molecule has 1 aliphatic heterocycles. The van der Waals surface area contributed by atoms with E-state index in [9.17, 15) is 19.7 Å². The van der Waals surface area contributed by atoms with E-state index in [-0.39, 0.29) is 15.9 Å². The van der Waals surface area contributed by atoms with Crippen molar-refractivity contribution in [3.63, 3.8) is 0 Å². The van der Waals surface area contributed by atoms with Gasteiger partial charge in [-0.2, -0.15) is 0 Å². The van der Waals surface area contributed by atoms with Gasteiger partial charge in [-0.3, -0.25) is 24.6 Å². The Morgan fingerprint density at radius 1 is 1.25 bits per heavy atom. The molecule has 7 nitrogen and oxygen atoms in total. The summed E-state index contributed by atoms with van der Waals surface area (Å²) in [5.74, 6) is -0.767. The molecule has 1 fully saturated rings. The fourth-order valence-corrected chi connectivity index (χ4v) is 4.00. The van der Waals surface area contributed by atoms with Crippen LogP contribution in [0.1, 0.15) is 12.5 Å². The standard InChI is InChI=1S/C19H15N3O4S2/c1-12(17(23)20-14-7-3-2-4-8-14)21-18(24)16(28-19(21)27)11-13-6-5-9-15(10-13)22(25)26/h2-12H,1H3,(H,20,23)/b16-11-. The van der Waals surface area contributed by atoms with Gasteiger partial charge >= 0.3 is 0 Å². The average molecular weight is 413 g/mol. The molecule has 1 aliphatic rings. The normalized spacial score (nSPS) is 16.3. The lowest BCUT2D eigenvalue weighted by Crippen LogP contribution is -2.44. The number of rotatable bonds is 5. The molecule has 1 saturated heterocycles. The Morgan fingerprint density at radius 3 is 2.64 bits per heavy atom. The highest BCUT2D eigenvalue weighted by Gasteiger charge is 2.38. The predicted octanol–water partition coefficient (Wildman–Crippen LogP) is 3.82. The quantitative estimate of drug-likeness (QED) is 0.347. The van der Waals surface area contributed by atoms with Gasteiger partial charge in [-0.25, -0.2) is 0 Å². The number of anilines is 1. The van der Waals surface area contributed by atoms with Crippen LogP contribution in [0.25, 0.3) is 6.08 Å². The highest BCUT2D eigenvalue weighted by molar-refractivity contribution is 8.26. The van der Waals surface area contributed by atoms with Crippen molar-refractivity contribution in [3.8, 4) is 0 Å². The molecule has 0 radical (unpaired) electrons. The van der Waals surface area contributed by atoms with Crippen LogP contribution in [0, 0.1) is 10.1 Å². The summed E-state index contributed by atoms with van der Waals surface area (Å²) in [5, 5.41) is 13.7. The number of hydrogen-bond donors (Lipinski definition) is 1. The Labute approximate surface area is 170 Å². The van der Waals surface area contributed by atoms with Crippen molar-refractivity contribution >= 4 is 57.6 Å². The minimum atomic E-state index is -0.802. The number of benzene rings is 2. The van der Waals surface area contributed by atoms with E-state index in [1.54, 1.807) is 43.3 Å². The van der Waals surface area contributed by atoms with Gasteiger partial charge in [0.25, 0.3) is 11.6 Å². The lowest BCUT2D eigenvalue weighted by Gasteiger charge is -2.22. The molecule has 3 rings (SSSR count). The van der Waals surface area contributed by atoms with Crippen LogP contribution in [0.4, 0.5) is 11.4 Å². The summed E-state index contributed by atoms with van der Waals surface area (Å²) in [5.41, 5.74) is 1.06. The zero-order valence-corrected chi connectivity index (χ0v) is 16.3. The highest BCUT2D eigenvalue weighted by Crippen LogP contribution is 2.34. The lowest BCUT2D eigenvalue weighted by atomic mass is 10.2. The maximum atomic E-state index is 12.8. The van der Waals surface area contributed by atoms with Crippen molar-refractivity contribution in [2.75, 3.05) is 5.32 Å². The lowest BCUT2D eigenvalue weighted by molar-refractivity contribution is -0.384. The number of nitrogens with one attached hydrogen (secondary N) is 1. The maximum Gasteiger partial charge on any atom is 0.270 e. The first-order valence-electron chi connectivity index (χ1n) is 8.24. The number of amides is 2. The fraction of sp³-hybridized carbons (Fsp3) is 0.105. The summed E-state index contributed by atoms with van der Waals surface area (Å²) >= 11 is 6.34. The third-order valence-corrected chi connectivity index (χ3v) is 5.34. The van der Waals surface area contributed by atoms with Gasteiger partial charge in [-0.05, 0) is 30.7 Å². The molecule has 1 N–H and O–H groups in total. The van der Waals surface area contributed by atoms with Gasteiger partial charge < -0.3 is 5.32 Å². The summed E-state index contributed by atoms with van der Waals surface area (Å²) in [7, 11) is 0. The van der Waals surface area contributed by atoms with E-state index in [2.05, 4.69) is 5.32 Å². The number of nitro benzene ring substituents is 1. The number of nitro groups is 1. The summed E-state index contributed by atoms with van der Waals surface area (Å²) in [6, 6.07) is 14.1. The van der Waals surface area contributed by atoms with Crippen LogP contribution in [0.3, 0.4) is 0 Å². The topological polar surface area (TPSA) is 92.6 Å². The van der Waals surface area contributed by atoms with Gasteiger partial charge in [0.05, 0.1) is 9.83 Å². The number of non-ortho nitro benzene ring substituents is 1. The summed E-state index contributed by atoms with van der Waals surface area (Å²) < 4.78 is 0.261. The molecule has 2 aromatic carbocycles. The third-order valence-electron chi connectivity index (χ3n) is 4.01.